The van der Waals surface area contributed by atoms with Crippen molar-refractivity contribution in [2.45, 2.75) is 50.5 Å². The van der Waals surface area contributed by atoms with E-state index in [1.54, 1.807) is 24.3 Å². The summed E-state index contributed by atoms with van der Waals surface area (Å²) in [4.78, 5) is 36.3. The number of carboxylic acids is 1. The first-order valence-corrected chi connectivity index (χ1v) is 12.0. The summed E-state index contributed by atoms with van der Waals surface area (Å²) in [5.41, 5.74) is 1.78. The molecular formula is C24H28N2O5S. The molecule has 2 amide bonds. The molecule has 170 valence electrons. The van der Waals surface area contributed by atoms with E-state index in [1.165, 1.54) is 29.7 Å². The van der Waals surface area contributed by atoms with Crippen molar-refractivity contribution in [3.05, 3.63) is 51.7 Å². The quantitative estimate of drug-likeness (QED) is 0.498. The van der Waals surface area contributed by atoms with Gasteiger partial charge in [-0.1, -0.05) is 0 Å². The number of aliphatic carboxylic acids is 1. The van der Waals surface area contributed by atoms with E-state index in [1.807, 2.05) is 6.07 Å². The third-order valence-electron chi connectivity index (χ3n) is 6.03. The highest BCUT2D eigenvalue weighted by Gasteiger charge is 2.27. The SMILES string of the molecule is O=C(NCCNC(=O)c1cc(C2CC2)cs1)c1ccc(OC2CCC(C(=O)O)CC2)cc1. The van der Waals surface area contributed by atoms with E-state index < -0.39 is 5.97 Å². The molecule has 0 saturated heterocycles. The minimum absolute atomic E-state index is 0.0117. The predicted octanol–water partition coefficient (Wildman–Crippen LogP) is 3.81. The molecule has 2 aromatic rings. The van der Waals surface area contributed by atoms with E-state index in [0.717, 1.165) is 12.8 Å². The lowest BCUT2D eigenvalue weighted by Crippen LogP contribution is -2.34. The van der Waals surface area contributed by atoms with Gasteiger partial charge in [-0.05, 0) is 85.7 Å². The number of thiophene rings is 1. The van der Waals surface area contributed by atoms with Gasteiger partial charge in [-0.2, -0.15) is 0 Å². The highest BCUT2D eigenvalue weighted by Crippen LogP contribution is 2.41. The largest absolute Gasteiger partial charge is 0.490 e. The Kier molecular flexibility index (Phi) is 7.09. The van der Waals surface area contributed by atoms with Crippen LogP contribution in [0.15, 0.2) is 35.7 Å². The molecule has 2 fully saturated rings. The fourth-order valence-electron chi connectivity index (χ4n) is 3.95. The number of rotatable bonds is 9. The van der Waals surface area contributed by atoms with Crippen LogP contribution in [-0.2, 0) is 4.79 Å². The molecule has 7 nitrogen and oxygen atoms in total. The van der Waals surface area contributed by atoms with Crippen molar-refractivity contribution in [3.8, 4) is 5.75 Å². The van der Waals surface area contributed by atoms with E-state index in [0.29, 0.717) is 48.0 Å². The van der Waals surface area contributed by atoms with Crippen LogP contribution in [0.1, 0.15) is 70.0 Å². The molecule has 0 radical (unpaired) electrons. The van der Waals surface area contributed by atoms with Crippen LogP contribution < -0.4 is 15.4 Å². The number of benzene rings is 1. The van der Waals surface area contributed by atoms with Gasteiger partial charge in [0.15, 0.2) is 0 Å². The Morgan fingerprint density at radius 1 is 0.938 bits per heavy atom. The number of hydrogen-bond acceptors (Lipinski definition) is 5. The molecule has 0 aliphatic heterocycles. The molecule has 2 aliphatic carbocycles. The fourth-order valence-corrected chi connectivity index (χ4v) is 4.85. The van der Waals surface area contributed by atoms with Crippen molar-refractivity contribution in [2.24, 2.45) is 5.92 Å². The lowest BCUT2D eigenvalue weighted by molar-refractivity contribution is -0.143. The van der Waals surface area contributed by atoms with Gasteiger partial charge in [-0.25, -0.2) is 0 Å². The van der Waals surface area contributed by atoms with Crippen molar-refractivity contribution in [2.75, 3.05) is 13.1 Å². The van der Waals surface area contributed by atoms with Crippen molar-refractivity contribution in [3.63, 3.8) is 0 Å². The summed E-state index contributed by atoms with van der Waals surface area (Å²) < 4.78 is 5.93. The average Bonchev–Trinajstić information content (AvgIpc) is 3.53. The molecule has 2 saturated carbocycles. The Morgan fingerprint density at radius 3 is 2.22 bits per heavy atom. The summed E-state index contributed by atoms with van der Waals surface area (Å²) in [7, 11) is 0. The number of carbonyl (C=O) groups is 3. The molecule has 1 aromatic heterocycles. The molecular weight excluding hydrogens is 428 g/mol. The van der Waals surface area contributed by atoms with Gasteiger partial charge in [-0.3, -0.25) is 14.4 Å². The van der Waals surface area contributed by atoms with Gasteiger partial charge in [0.2, 0.25) is 0 Å². The summed E-state index contributed by atoms with van der Waals surface area (Å²) in [5, 5.41) is 16.8. The van der Waals surface area contributed by atoms with Gasteiger partial charge in [0.1, 0.15) is 5.75 Å². The average molecular weight is 457 g/mol. The molecule has 3 N–H and O–H groups in total. The number of ether oxygens (including phenoxy) is 1. The van der Waals surface area contributed by atoms with Crippen molar-refractivity contribution < 1.29 is 24.2 Å². The second kappa shape index (κ2) is 10.2. The number of carboxylic acid groups (broad SMARTS) is 1. The molecule has 32 heavy (non-hydrogen) atoms. The fraction of sp³-hybridized carbons (Fsp3) is 0.458. The minimum Gasteiger partial charge on any atom is -0.490 e. The Balaban J connectivity index is 1.16. The number of carbonyl (C=O) groups excluding carboxylic acids is 2. The van der Waals surface area contributed by atoms with Crippen LogP contribution in [0, 0.1) is 5.92 Å². The van der Waals surface area contributed by atoms with E-state index in [2.05, 4.69) is 16.0 Å². The van der Waals surface area contributed by atoms with E-state index >= 15 is 0 Å². The van der Waals surface area contributed by atoms with Crippen LogP contribution in [0.3, 0.4) is 0 Å². The zero-order valence-corrected chi connectivity index (χ0v) is 18.7. The van der Waals surface area contributed by atoms with Crippen molar-refractivity contribution in [1.82, 2.24) is 10.6 Å². The second-order valence-electron chi connectivity index (χ2n) is 8.48. The number of nitrogens with one attached hydrogen (secondary N) is 2. The third kappa shape index (κ3) is 5.88. The lowest BCUT2D eigenvalue weighted by atomic mass is 9.87. The molecule has 0 spiro atoms. The first-order valence-electron chi connectivity index (χ1n) is 11.1. The second-order valence-corrected chi connectivity index (χ2v) is 9.40. The topological polar surface area (TPSA) is 105 Å². The Hall–Kier alpha value is -2.87. The van der Waals surface area contributed by atoms with Crippen molar-refractivity contribution >= 4 is 29.1 Å². The monoisotopic (exact) mass is 456 g/mol. The molecule has 8 heteroatoms. The standard InChI is InChI=1S/C24H28N2O5S/c27-22(25-11-12-26-23(28)21-13-18(14-32-21)15-1-2-15)16-3-7-19(8-4-16)31-20-9-5-17(6-10-20)24(29)30/h3-4,7-8,13-15,17,20H,1-2,5-6,9-12H2,(H,25,27)(H,26,28)(H,29,30). The molecule has 4 rings (SSSR count). The smallest absolute Gasteiger partial charge is 0.306 e. The van der Waals surface area contributed by atoms with Crippen LogP contribution >= 0.6 is 11.3 Å². The maximum Gasteiger partial charge on any atom is 0.306 e. The molecule has 2 aliphatic rings. The maximum atomic E-state index is 12.3. The molecule has 0 unspecified atom stereocenters. The number of amides is 2. The Labute approximate surface area is 191 Å². The summed E-state index contributed by atoms with van der Waals surface area (Å²) >= 11 is 1.46. The summed E-state index contributed by atoms with van der Waals surface area (Å²) in [5.74, 6) is 0.00345. The maximum absolute atomic E-state index is 12.3. The zero-order valence-electron chi connectivity index (χ0n) is 17.8. The van der Waals surface area contributed by atoms with Gasteiger partial charge in [0.25, 0.3) is 11.8 Å². The zero-order chi connectivity index (χ0) is 22.5. The van der Waals surface area contributed by atoms with Crippen LogP contribution in [0.25, 0.3) is 0 Å². The normalized spacial score (nSPS) is 20.4. The van der Waals surface area contributed by atoms with Gasteiger partial charge >= 0.3 is 5.97 Å². The molecule has 1 heterocycles. The van der Waals surface area contributed by atoms with Crippen LogP contribution in [0.4, 0.5) is 0 Å². The van der Waals surface area contributed by atoms with Crippen molar-refractivity contribution in [1.29, 1.82) is 0 Å². The molecule has 0 bridgehead atoms. The predicted molar refractivity (Wildman–Crippen MR) is 121 cm³/mol. The minimum atomic E-state index is -0.729. The first kappa shape index (κ1) is 22.3. The molecule has 1 aromatic carbocycles. The number of hydrogen-bond donors (Lipinski definition) is 3. The summed E-state index contributed by atoms with van der Waals surface area (Å²) in [6, 6.07) is 8.90. The van der Waals surface area contributed by atoms with Crippen LogP contribution in [0.2, 0.25) is 0 Å². The van der Waals surface area contributed by atoms with Gasteiger partial charge in [0.05, 0.1) is 16.9 Å². The summed E-state index contributed by atoms with van der Waals surface area (Å²) in [6.45, 7) is 0.706. The van der Waals surface area contributed by atoms with E-state index in [4.69, 9.17) is 9.84 Å². The van der Waals surface area contributed by atoms with Crippen LogP contribution in [-0.4, -0.2) is 42.1 Å². The van der Waals surface area contributed by atoms with E-state index in [-0.39, 0.29) is 23.8 Å². The van der Waals surface area contributed by atoms with Gasteiger partial charge in [-0.15, -0.1) is 11.3 Å². The van der Waals surface area contributed by atoms with Gasteiger partial charge < -0.3 is 20.5 Å². The Bertz CT molecular complexity index is 959. The first-order chi connectivity index (χ1) is 15.5. The van der Waals surface area contributed by atoms with Crippen LogP contribution in [0.5, 0.6) is 5.75 Å². The summed E-state index contributed by atoms with van der Waals surface area (Å²) in [6.07, 6.45) is 5.14. The highest BCUT2D eigenvalue weighted by molar-refractivity contribution is 7.12. The highest BCUT2D eigenvalue weighted by atomic mass is 32.1. The van der Waals surface area contributed by atoms with E-state index in [9.17, 15) is 14.4 Å². The molecule has 0 atom stereocenters. The lowest BCUT2D eigenvalue weighted by Gasteiger charge is -2.26. The third-order valence-corrected chi connectivity index (χ3v) is 6.98. The van der Waals surface area contributed by atoms with Gasteiger partial charge in [0, 0.05) is 18.7 Å². The Morgan fingerprint density at radius 2 is 1.59 bits per heavy atom.